The van der Waals surface area contributed by atoms with Crippen LogP contribution in [0.5, 0.6) is 0 Å². The Morgan fingerprint density at radius 1 is 1.25 bits per heavy atom. The second kappa shape index (κ2) is 4.45. The largest absolute Gasteiger partial charge is 0.383 e. The van der Waals surface area contributed by atoms with Crippen LogP contribution in [0.4, 0.5) is 0 Å². The first-order valence-electron chi connectivity index (χ1n) is 5.30. The van der Waals surface area contributed by atoms with Crippen molar-refractivity contribution in [3.05, 3.63) is 48.0 Å². The third-order valence-electron chi connectivity index (χ3n) is 2.47. The Kier molecular flexibility index (Phi) is 3.01. The molecule has 2 rings (SSSR count). The van der Waals surface area contributed by atoms with Crippen LogP contribution in [0.15, 0.2) is 36.9 Å². The average Bonchev–Trinajstić information content (AvgIpc) is 2.78. The summed E-state index contributed by atoms with van der Waals surface area (Å²) in [7, 11) is 0. The van der Waals surface area contributed by atoms with Crippen LogP contribution in [0.2, 0.25) is 0 Å². The van der Waals surface area contributed by atoms with E-state index in [0.717, 1.165) is 11.1 Å². The minimum absolute atomic E-state index is 0.301. The van der Waals surface area contributed by atoms with Gasteiger partial charge in [0.05, 0.1) is 6.20 Å². The summed E-state index contributed by atoms with van der Waals surface area (Å²) in [5.74, 6) is 0. The summed E-state index contributed by atoms with van der Waals surface area (Å²) in [5, 5.41) is 14.3. The van der Waals surface area contributed by atoms with Crippen LogP contribution in [0.1, 0.15) is 37.1 Å². The first kappa shape index (κ1) is 10.8. The molecule has 0 aromatic carbocycles. The summed E-state index contributed by atoms with van der Waals surface area (Å²) in [6.07, 6.45) is 6.26. The SMILES string of the molecule is CC(C)n1cc(C(O)c2cccnc2)cn1. The molecular formula is C12H15N3O. The summed E-state index contributed by atoms with van der Waals surface area (Å²) in [4.78, 5) is 3.99. The minimum atomic E-state index is -0.652. The van der Waals surface area contributed by atoms with Crippen molar-refractivity contribution in [2.24, 2.45) is 0 Å². The van der Waals surface area contributed by atoms with E-state index in [1.54, 1.807) is 18.6 Å². The molecule has 1 N–H and O–H groups in total. The van der Waals surface area contributed by atoms with Gasteiger partial charge < -0.3 is 5.11 Å². The van der Waals surface area contributed by atoms with Crippen LogP contribution in [0.25, 0.3) is 0 Å². The van der Waals surface area contributed by atoms with Crippen LogP contribution < -0.4 is 0 Å². The Bertz CT molecular complexity index is 450. The number of nitrogens with zero attached hydrogens (tertiary/aromatic N) is 3. The van der Waals surface area contributed by atoms with Crippen molar-refractivity contribution in [3.8, 4) is 0 Å². The Balaban J connectivity index is 2.24. The molecule has 0 saturated carbocycles. The number of aromatic nitrogens is 3. The van der Waals surface area contributed by atoms with Gasteiger partial charge in [0, 0.05) is 35.8 Å². The third kappa shape index (κ3) is 2.12. The van der Waals surface area contributed by atoms with Crippen LogP contribution >= 0.6 is 0 Å². The first-order chi connectivity index (χ1) is 7.68. The van der Waals surface area contributed by atoms with Gasteiger partial charge >= 0.3 is 0 Å². The molecule has 0 aliphatic heterocycles. The fourth-order valence-corrected chi connectivity index (χ4v) is 1.51. The first-order valence-corrected chi connectivity index (χ1v) is 5.30. The number of aliphatic hydroxyl groups is 1. The van der Waals surface area contributed by atoms with Crippen molar-refractivity contribution in [3.63, 3.8) is 0 Å². The molecule has 0 spiro atoms. The monoisotopic (exact) mass is 217 g/mol. The van der Waals surface area contributed by atoms with Gasteiger partial charge in [-0.1, -0.05) is 6.07 Å². The molecule has 16 heavy (non-hydrogen) atoms. The smallest absolute Gasteiger partial charge is 0.109 e. The van der Waals surface area contributed by atoms with Crippen LogP contribution in [0, 0.1) is 0 Å². The molecule has 2 aromatic rings. The Labute approximate surface area is 94.6 Å². The van der Waals surface area contributed by atoms with E-state index in [1.165, 1.54) is 0 Å². The predicted octanol–water partition coefficient (Wildman–Crippen LogP) is 1.94. The Hall–Kier alpha value is -1.68. The van der Waals surface area contributed by atoms with Gasteiger partial charge in [-0.05, 0) is 19.9 Å². The van der Waals surface area contributed by atoms with E-state index in [-0.39, 0.29) is 0 Å². The summed E-state index contributed by atoms with van der Waals surface area (Å²) in [6, 6.07) is 3.96. The fraction of sp³-hybridized carbons (Fsp3) is 0.333. The van der Waals surface area contributed by atoms with Crippen LogP contribution in [-0.2, 0) is 0 Å². The van der Waals surface area contributed by atoms with Gasteiger partial charge in [0.1, 0.15) is 6.10 Å². The predicted molar refractivity (Wildman–Crippen MR) is 60.9 cm³/mol. The molecule has 0 amide bonds. The molecule has 0 aliphatic carbocycles. The number of hydrogen-bond donors (Lipinski definition) is 1. The van der Waals surface area contributed by atoms with E-state index < -0.39 is 6.10 Å². The van der Waals surface area contributed by atoms with E-state index in [4.69, 9.17) is 0 Å². The van der Waals surface area contributed by atoms with Crippen molar-refractivity contribution < 1.29 is 5.11 Å². The number of hydrogen-bond acceptors (Lipinski definition) is 3. The average molecular weight is 217 g/mol. The van der Waals surface area contributed by atoms with Gasteiger partial charge in [0.2, 0.25) is 0 Å². The standard InChI is InChI=1S/C12H15N3O/c1-9(2)15-8-11(7-14-15)12(16)10-4-3-5-13-6-10/h3-9,12,16H,1-2H3. The molecular weight excluding hydrogens is 202 g/mol. The van der Waals surface area contributed by atoms with E-state index in [9.17, 15) is 5.11 Å². The fourth-order valence-electron chi connectivity index (χ4n) is 1.51. The van der Waals surface area contributed by atoms with E-state index in [0.29, 0.717) is 6.04 Å². The van der Waals surface area contributed by atoms with Gasteiger partial charge in [-0.2, -0.15) is 5.10 Å². The maximum Gasteiger partial charge on any atom is 0.109 e. The quantitative estimate of drug-likeness (QED) is 0.854. The zero-order valence-electron chi connectivity index (χ0n) is 9.41. The van der Waals surface area contributed by atoms with Crippen molar-refractivity contribution in [1.82, 2.24) is 14.8 Å². The maximum atomic E-state index is 10.1. The third-order valence-corrected chi connectivity index (χ3v) is 2.47. The molecule has 4 nitrogen and oxygen atoms in total. The molecule has 0 radical (unpaired) electrons. The van der Waals surface area contributed by atoms with Gasteiger partial charge in [-0.15, -0.1) is 0 Å². The molecule has 2 heterocycles. The topological polar surface area (TPSA) is 50.9 Å². The molecule has 84 valence electrons. The number of rotatable bonds is 3. The second-order valence-electron chi connectivity index (χ2n) is 4.04. The van der Waals surface area contributed by atoms with Crippen LogP contribution in [-0.4, -0.2) is 19.9 Å². The number of aliphatic hydroxyl groups excluding tert-OH is 1. The van der Waals surface area contributed by atoms with Gasteiger partial charge in [0.25, 0.3) is 0 Å². The molecule has 0 bridgehead atoms. The van der Waals surface area contributed by atoms with E-state index in [1.807, 2.05) is 36.9 Å². The van der Waals surface area contributed by atoms with E-state index >= 15 is 0 Å². The van der Waals surface area contributed by atoms with Crippen molar-refractivity contribution in [2.45, 2.75) is 26.0 Å². The molecule has 2 aromatic heterocycles. The normalized spacial score (nSPS) is 13.0. The highest BCUT2D eigenvalue weighted by molar-refractivity contribution is 5.24. The lowest BCUT2D eigenvalue weighted by atomic mass is 10.1. The zero-order chi connectivity index (χ0) is 11.5. The van der Waals surface area contributed by atoms with Gasteiger partial charge in [-0.25, -0.2) is 0 Å². The minimum Gasteiger partial charge on any atom is -0.383 e. The summed E-state index contributed by atoms with van der Waals surface area (Å²) < 4.78 is 1.83. The Morgan fingerprint density at radius 2 is 2.06 bits per heavy atom. The summed E-state index contributed by atoms with van der Waals surface area (Å²) in [6.45, 7) is 4.10. The zero-order valence-corrected chi connectivity index (χ0v) is 9.41. The number of pyridine rings is 1. The summed E-state index contributed by atoms with van der Waals surface area (Å²) >= 11 is 0. The van der Waals surface area contributed by atoms with Crippen molar-refractivity contribution in [1.29, 1.82) is 0 Å². The highest BCUT2D eigenvalue weighted by Gasteiger charge is 2.13. The molecule has 1 unspecified atom stereocenters. The molecule has 0 saturated heterocycles. The molecule has 1 atom stereocenters. The highest BCUT2D eigenvalue weighted by atomic mass is 16.3. The molecule has 0 fully saturated rings. The lowest BCUT2D eigenvalue weighted by molar-refractivity contribution is 0.219. The second-order valence-corrected chi connectivity index (χ2v) is 4.04. The molecule has 0 aliphatic rings. The maximum absolute atomic E-state index is 10.1. The van der Waals surface area contributed by atoms with Gasteiger partial charge in [0.15, 0.2) is 0 Å². The lowest BCUT2D eigenvalue weighted by Gasteiger charge is -2.08. The van der Waals surface area contributed by atoms with Crippen molar-refractivity contribution in [2.75, 3.05) is 0 Å². The van der Waals surface area contributed by atoms with Gasteiger partial charge in [-0.3, -0.25) is 9.67 Å². The van der Waals surface area contributed by atoms with Crippen LogP contribution in [0.3, 0.4) is 0 Å². The molecule has 4 heteroatoms. The summed E-state index contributed by atoms with van der Waals surface area (Å²) in [5.41, 5.74) is 1.58. The Morgan fingerprint density at radius 3 is 2.62 bits per heavy atom. The highest BCUT2D eigenvalue weighted by Crippen LogP contribution is 2.21. The lowest BCUT2D eigenvalue weighted by Crippen LogP contribution is -2.01. The van der Waals surface area contributed by atoms with E-state index in [2.05, 4.69) is 10.1 Å². The van der Waals surface area contributed by atoms with Crippen molar-refractivity contribution >= 4 is 0 Å².